The molecule has 0 bridgehead atoms. The van der Waals surface area contributed by atoms with Gasteiger partial charge in [0.1, 0.15) is 5.25 Å². The van der Waals surface area contributed by atoms with E-state index in [1.165, 1.54) is 12.1 Å². The van der Waals surface area contributed by atoms with Crippen LogP contribution in [0.1, 0.15) is 25.7 Å². The largest absolute Gasteiger partial charge is 0.298 e. The molecule has 1 aliphatic carbocycles. The zero-order valence-corrected chi connectivity index (χ0v) is 10.8. The Morgan fingerprint density at radius 2 is 1.88 bits per heavy atom. The number of hydrogen-bond donors (Lipinski definition) is 0. The van der Waals surface area contributed by atoms with E-state index in [1.54, 1.807) is 12.1 Å². The molecule has 0 aromatic heterocycles. The van der Waals surface area contributed by atoms with Crippen LogP contribution in [0.25, 0.3) is 0 Å². The number of carbonyl (C=O) groups is 1. The molecule has 0 radical (unpaired) electrons. The van der Waals surface area contributed by atoms with Gasteiger partial charge in [-0.25, -0.2) is 8.42 Å². The number of halogens is 1. The predicted molar refractivity (Wildman–Crippen MR) is 65.9 cm³/mol. The molecule has 3 nitrogen and oxygen atoms in total. The molecule has 0 amide bonds. The molecule has 2 rings (SSSR count). The van der Waals surface area contributed by atoms with Gasteiger partial charge in [0.15, 0.2) is 15.6 Å². The maximum absolute atomic E-state index is 12.3. The van der Waals surface area contributed by atoms with Crippen LogP contribution in [0.2, 0.25) is 5.02 Å². The van der Waals surface area contributed by atoms with Gasteiger partial charge in [-0.2, -0.15) is 0 Å². The van der Waals surface area contributed by atoms with E-state index in [0.717, 1.165) is 12.8 Å². The molecule has 17 heavy (non-hydrogen) atoms. The highest BCUT2D eigenvalue weighted by molar-refractivity contribution is 7.93. The molecule has 5 heteroatoms. The predicted octanol–water partition coefficient (Wildman–Crippen LogP) is 2.63. The molecule has 1 fully saturated rings. The Bertz CT molecular complexity index is 536. The van der Waals surface area contributed by atoms with Crippen LogP contribution >= 0.6 is 11.6 Å². The van der Waals surface area contributed by atoms with E-state index in [4.69, 9.17) is 11.6 Å². The molecule has 1 atom stereocenters. The summed E-state index contributed by atoms with van der Waals surface area (Å²) in [6.07, 6.45) is 2.33. The first-order chi connectivity index (χ1) is 8.03. The summed E-state index contributed by atoms with van der Waals surface area (Å²) in [4.78, 5) is 11.8. The second-order valence-corrected chi connectivity index (χ2v) is 6.68. The first kappa shape index (κ1) is 12.6. The summed E-state index contributed by atoms with van der Waals surface area (Å²) in [5.74, 6) is -0.184. The molecule has 1 aromatic rings. The number of rotatable bonds is 2. The highest BCUT2D eigenvalue weighted by atomic mass is 35.5. The minimum Gasteiger partial charge on any atom is -0.298 e. The van der Waals surface area contributed by atoms with Crippen molar-refractivity contribution in [1.82, 2.24) is 0 Å². The minimum absolute atomic E-state index is 0.0712. The topological polar surface area (TPSA) is 51.2 Å². The van der Waals surface area contributed by atoms with Crippen molar-refractivity contribution in [3.8, 4) is 0 Å². The van der Waals surface area contributed by atoms with E-state index in [1.807, 2.05) is 0 Å². The molecule has 0 N–H and O–H groups in total. The molecule has 0 aliphatic heterocycles. The SMILES string of the molecule is O=C1CCCCC1S(=O)(=O)c1ccccc1Cl. The van der Waals surface area contributed by atoms with Gasteiger partial charge in [0.05, 0.1) is 9.92 Å². The lowest BCUT2D eigenvalue weighted by atomic mass is 9.99. The van der Waals surface area contributed by atoms with Crippen molar-refractivity contribution in [2.45, 2.75) is 35.8 Å². The Hall–Kier alpha value is -0.870. The van der Waals surface area contributed by atoms with Crippen molar-refractivity contribution in [3.63, 3.8) is 0 Å². The fraction of sp³-hybridized carbons (Fsp3) is 0.417. The molecular formula is C12H13ClO3S. The standard InChI is InChI=1S/C12H13ClO3S/c13-9-5-1-3-7-11(9)17(15,16)12-8-4-2-6-10(12)14/h1,3,5,7,12H,2,4,6,8H2. The van der Waals surface area contributed by atoms with Gasteiger partial charge in [0.2, 0.25) is 0 Å². The summed E-state index contributed by atoms with van der Waals surface area (Å²) in [6.45, 7) is 0. The molecule has 1 aromatic carbocycles. The van der Waals surface area contributed by atoms with Crippen LogP contribution in [0.5, 0.6) is 0 Å². The number of ketones is 1. The van der Waals surface area contributed by atoms with E-state index in [2.05, 4.69) is 0 Å². The third-order valence-corrected chi connectivity index (χ3v) is 5.67. The molecular weight excluding hydrogens is 260 g/mol. The third kappa shape index (κ3) is 2.38. The molecule has 0 spiro atoms. The fourth-order valence-electron chi connectivity index (χ4n) is 2.11. The van der Waals surface area contributed by atoms with Crippen molar-refractivity contribution >= 4 is 27.2 Å². The molecule has 1 saturated carbocycles. The first-order valence-electron chi connectivity index (χ1n) is 5.54. The van der Waals surface area contributed by atoms with Crippen molar-refractivity contribution in [2.24, 2.45) is 0 Å². The van der Waals surface area contributed by atoms with Crippen LogP contribution in [0.4, 0.5) is 0 Å². The second-order valence-electron chi connectivity index (χ2n) is 4.18. The maximum atomic E-state index is 12.3. The number of benzene rings is 1. The van der Waals surface area contributed by atoms with Gasteiger partial charge in [0, 0.05) is 6.42 Å². The highest BCUT2D eigenvalue weighted by Crippen LogP contribution is 2.30. The Labute approximate surface area is 106 Å². The van der Waals surface area contributed by atoms with Crippen molar-refractivity contribution < 1.29 is 13.2 Å². The summed E-state index contributed by atoms with van der Waals surface area (Å²) in [5.41, 5.74) is 0. The number of carbonyl (C=O) groups excluding carboxylic acids is 1. The number of hydrogen-bond acceptors (Lipinski definition) is 3. The van der Waals surface area contributed by atoms with Crippen LogP contribution in [0.15, 0.2) is 29.2 Å². The molecule has 0 saturated heterocycles. The van der Waals surface area contributed by atoms with Crippen molar-refractivity contribution in [2.75, 3.05) is 0 Å². The lowest BCUT2D eigenvalue weighted by Crippen LogP contribution is -2.33. The Balaban J connectivity index is 2.43. The van der Waals surface area contributed by atoms with Crippen LogP contribution in [0.3, 0.4) is 0 Å². The molecule has 92 valence electrons. The van der Waals surface area contributed by atoms with Crippen molar-refractivity contribution in [3.05, 3.63) is 29.3 Å². The van der Waals surface area contributed by atoms with Crippen molar-refractivity contribution in [1.29, 1.82) is 0 Å². The maximum Gasteiger partial charge on any atom is 0.189 e. The van der Waals surface area contributed by atoms with E-state index < -0.39 is 15.1 Å². The average molecular weight is 273 g/mol. The van der Waals surface area contributed by atoms with Crippen LogP contribution < -0.4 is 0 Å². The Morgan fingerprint density at radius 3 is 2.53 bits per heavy atom. The van der Waals surface area contributed by atoms with E-state index in [0.29, 0.717) is 12.8 Å². The molecule has 0 heterocycles. The smallest absolute Gasteiger partial charge is 0.189 e. The van der Waals surface area contributed by atoms with Gasteiger partial charge >= 0.3 is 0 Å². The summed E-state index contributed by atoms with van der Waals surface area (Å²) in [6, 6.07) is 6.28. The number of sulfone groups is 1. The van der Waals surface area contributed by atoms with Crippen LogP contribution in [0, 0.1) is 0 Å². The fourth-order valence-corrected chi connectivity index (χ4v) is 4.42. The second kappa shape index (κ2) is 4.78. The van der Waals surface area contributed by atoms with E-state index in [-0.39, 0.29) is 15.7 Å². The molecule has 1 aliphatic rings. The minimum atomic E-state index is -3.62. The molecule has 1 unspecified atom stereocenters. The van der Waals surface area contributed by atoms with Gasteiger partial charge in [0.25, 0.3) is 0 Å². The Kier molecular flexibility index (Phi) is 3.54. The number of Topliss-reactive ketones (excluding diaryl/α,β-unsaturated/α-hetero) is 1. The Morgan fingerprint density at radius 1 is 1.18 bits per heavy atom. The highest BCUT2D eigenvalue weighted by Gasteiger charge is 2.36. The van der Waals surface area contributed by atoms with Gasteiger partial charge < -0.3 is 0 Å². The quantitative estimate of drug-likeness (QED) is 0.832. The van der Waals surface area contributed by atoms with Gasteiger partial charge in [-0.3, -0.25) is 4.79 Å². The van der Waals surface area contributed by atoms with Crippen LogP contribution in [-0.4, -0.2) is 19.5 Å². The van der Waals surface area contributed by atoms with E-state index >= 15 is 0 Å². The third-order valence-electron chi connectivity index (χ3n) is 3.02. The first-order valence-corrected chi connectivity index (χ1v) is 7.47. The van der Waals surface area contributed by atoms with Gasteiger partial charge in [-0.15, -0.1) is 0 Å². The van der Waals surface area contributed by atoms with Crippen LogP contribution in [-0.2, 0) is 14.6 Å². The normalized spacial score (nSPS) is 21.5. The summed E-state index contributed by atoms with van der Waals surface area (Å²) < 4.78 is 24.6. The van der Waals surface area contributed by atoms with Gasteiger partial charge in [-0.1, -0.05) is 30.2 Å². The monoisotopic (exact) mass is 272 g/mol. The summed E-state index contributed by atoms with van der Waals surface area (Å²) in [5, 5.41) is -0.720. The average Bonchev–Trinajstić information content (AvgIpc) is 2.29. The lowest BCUT2D eigenvalue weighted by Gasteiger charge is -2.21. The zero-order valence-electron chi connectivity index (χ0n) is 9.23. The van der Waals surface area contributed by atoms with Gasteiger partial charge in [-0.05, 0) is 25.0 Å². The summed E-state index contributed by atoms with van der Waals surface area (Å²) >= 11 is 5.89. The van der Waals surface area contributed by atoms with E-state index in [9.17, 15) is 13.2 Å². The zero-order chi connectivity index (χ0) is 12.5. The lowest BCUT2D eigenvalue weighted by molar-refractivity contribution is -0.119. The summed E-state index contributed by atoms with van der Waals surface area (Å²) in [7, 11) is -3.62.